The summed E-state index contributed by atoms with van der Waals surface area (Å²) in [5, 5.41) is 5.57. The summed E-state index contributed by atoms with van der Waals surface area (Å²) in [4.78, 5) is 4.51. The highest BCUT2D eigenvalue weighted by Gasteiger charge is 2.12. The van der Waals surface area contributed by atoms with Crippen molar-refractivity contribution in [2.75, 3.05) is 0 Å². The Labute approximate surface area is 99.5 Å². The first-order chi connectivity index (χ1) is 7.50. The second kappa shape index (κ2) is 4.37. The second-order valence-electron chi connectivity index (χ2n) is 3.51. The van der Waals surface area contributed by atoms with Gasteiger partial charge in [0, 0.05) is 7.45 Å². The van der Waals surface area contributed by atoms with Crippen molar-refractivity contribution in [3.63, 3.8) is 0 Å². The van der Waals surface area contributed by atoms with Crippen LogP contribution in [-0.2, 0) is 0 Å². The number of hydrogen-bond donors (Lipinski definition) is 2. The molecule has 2 rings (SSSR count). The molecule has 16 heavy (non-hydrogen) atoms. The molecule has 0 radical (unpaired) electrons. The van der Waals surface area contributed by atoms with Crippen LogP contribution in [0.4, 0.5) is 0 Å². The monoisotopic (exact) mass is 271 g/mol. The van der Waals surface area contributed by atoms with Gasteiger partial charge in [0.1, 0.15) is 5.82 Å². The summed E-state index contributed by atoms with van der Waals surface area (Å²) < 4.78 is 2.19. The van der Waals surface area contributed by atoms with E-state index in [1.54, 1.807) is 0 Å². The van der Waals surface area contributed by atoms with E-state index in [1.807, 2.05) is 25.1 Å². The summed E-state index contributed by atoms with van der Waals surface area (Å²) in [6.45, 7) is 2.00. The van der Waals surface area contributed by atoms with Gasteiger partial charge in [-0.1, -0.05) is 17.9 Å². The lowest BCUT2D eigenvalue weighted by Gasteiger charge is -2.09. The van der Waals surface area contributed by atoms with Crippen molar-refractivity contribution in [3.8, 4) is 0 Å². The lowest BCUT2D eigenvalue weighted by atomic mass is 10.2. The smallest absolute Gasteiger partial charge is 0.270 e. The van der Waals surface area contributed by atoms with E-state index in [9.17, 15) is 0 Å². The van der Waals surface area contributed by atoms with Crippen LogP contribution >= 0.6 is 25.3 Å². The van der Waals surface area contributed by atoms with Gasteiger partial charge in [-0.3, -0.25) is 15.5 Å². The fraction of sp³-hybridized carbons (Fsp3) is 0.111. The predicted octanol–water partition coefficient (Wildman–Crippen LogP) is 0.634. The molecule has 0 saturated heterocycles. The SMILES string of the molecule is Cc1nc2cc(C(N)=[NH2+])ccc2n1P(P)P. The van der Waals surface area contributed by atoms with E-state index in [2.05, 4.69) is 27.2 Å². The maximum Gasteiger partial charge on any atom is 0.270 e. The molecule has 7 heteroatoms. The molecule has 0 aliphatic rings. The number of fused-ring (bicyclic) bond motifs is 1. The first-order valence-corrected chi connectivity index (χ1v) is 9.21. The molecule has 0 aliphatic heterocycles. The quantitative estimate of drug-likeness (QED) is 0.478. The van der Waals surface area contributed by atoms with Crippen LogP contribution in [0, 0.1) is 6.92 Å². The fourth-order valence-electron chi connectivity index (χ4n) is 1.66. The van der Waals surface area contributed by atoms with E-state index in [0.29, 0.717) is 5.84 Å². The summed E-state index contributed by atoms with van der Waals surface area (Å²) in [6.07, 6.45) is 0. The van der Waals surface area contributed by atoms with E-state index >= 15 is 0 Å². The number of benzene rings is 1. The molecule has 84 valence electrons. The zero-order valence-electron chi connectivity index (χ0n) is 8.88. The van der Waals surface area contributed by atoms with Gasteiger partial charge < -0.3 is 0 Å². The molecule has 4 nitrogen and oxygen atoms in total. The first kappa shape index (κ1) is 11.9. The van der Waals surface area contributed by atoms with Gasteiger partial charge in [0.25, 0.3) is 5.84 Å². The standard InChI is InChI=1S/C9H13N4P3/c1-5-12-7-4-6(9(10)11)2-3-8(7)13(5)16(14)15/h2-4H,14-15H2,1H3,(H3,10,11)/p+1. The number of hydrogen-bond acceptors (Lipinski definition) is 1. The normalized spacial score (nSPS) is 11.2. The maximum atomic E-state index is 5.57. The van der Waals surface area contributed by atoms with Gasteiger partial charge in [0.15, 0.2) is 0 Å². The third-order valence-electron chi connectivity index (χ3n) is 2.36. The molecule has 0 bridgehead atoms. The van der Waals surface area contributed by atoms with Crippen LogP contribution in [0.25, 0.3) is 11.0 Å². The number of aryl methyl sites for hydroxylation is 1. The predicted molar refractivity (Wildman–Crippen MR) is 76.4 cm³/mol. The summed E-state index contributed by atoms with van der Waals surface area (Å²) in [6, 6.07) is 5.85. The Balaban J connectivity index is 2.70. The lowest BCUT2D eigenvalue weighted by Crippen LogP contribution is -2.46. The molecule has 1 heterocycles. The van der Waals surface area contributed by atoms with E-state index in [1.165, 1.54) is 0 Å². The highest BCUT2D eigenvalue weighted by Crippen LogP contribution is 2.55. The molecule has 2 aromatic rings. The third-order valence-corrected chi connectivity index (χ3v) is 4.71. The zero-order chi connectivity index (χ0) is 11.9. The molecule has 4 N–H and O–H groups in total. The van der Waals surface area contributed by atoms with Gasteiger partial charge in [-0.15, -0.1) is 0 Å². The number of rotatable bonds is 2. The van der Waals surface area contributed by atoms with Gasteiger partial charge in [0.05, 0.1) is 16.6 Å². The molecule has 2 unspecified atom stereocenters. The number of amidine groups is 1. The largest absolute Gasteiger partial charge is 0.300 e. The van der Waals surface area contributed by atoms with E-state index in [0.717, 1.165) is 22.4 Å². The van der Waals surface area contributed by atoms with Gasteiger partial charge in [-0.05, 0) is 25.1 Å². The van der Waals surface area contributed by atoms with E-state index < -0.39 is 0 Å². The molecule has 0 saturated carbocycles. The second-order valence-corrected chi connectivity index (χ2v) is 9.63. The average molecular weight is 271 g/mol. The fourth-order valence-corrected chi connectivity index (χ4v) is 4.21. The van der Waals surface area contributed by atoms with Gasteiger partial charge in [-0.2, -0.15) is 0 Å². The van der Waals surface area contributed by atoms with E-state index in [-0.39, 0.29) is 7.45 Å². The van der Waals surface area contributed by atoms with Gasteiger partial charge >= 0.3 is 0 Å². The minimum Gasteiger partial charge on any atom is -0.300 e. The van der Waals surface area contributed by atoms with Crippen LogP contribution in [0.5, 0.6) is 0 Å². The van der Waals surface area contributed by atoms with Crippen LogP contribution in [-0.4, -0.2) is 15.2 Å². The molecule has 0 spiro atoms. The maximum absolute atomic E-state index is 5.57. The van der Waals surface area contributed by atoms with Gasteiger partial charge in [-0.25, -0.2) is 4.98 Å². The average Bonchev–Trinajstić information content (AvgIpc) is 2.51. The van der Waals surface area contributed by atoms with Crippen molar-refractivity contribution in [3.05, 3.63) is 29.6 Å². The summed E-state index contributed by atoms with van der Waals surface area (Å²) in [5.41, 5.74) is 8.43. The number of imidazole rings is 1. The minimum absolute atomic E-state index is 0.327. The first-order valence-electron chi connectivity index (χ1n) is 4.68. The lowest BCUT2D eigenvalue weighted by molar-refractivity contribution is -0.114. The van der Waals surface area contributed by atoms with Crippen molar-refractivity contribution >= 4 is 42.2 Å². The Morgan fingerprint density at radius 1 is 1.50 bits per heavy atom. The Bertz CT molecular complexity index is 561. The molecule has 0 amide bonds. The van der Waals surface area contributed by atoms with Crippen LogP contribution in [0.15, 0.2) is 18.2 Å². The summed E-state index contributed by atoms with van der Waals surface area (Å²) in [7, 11) is 5.21. The number of nitrogens with two attached hydrogens (primary N) is 2. The van der Waals surface area contributed by atoms with Crippen molar-refractivity contribution in [2.45, 2.75) is 6.92 Å². The Hall–Kier alpha value is -0.550. The van der Waals surface area contributed by atoms with E-state index in [4.69, 9.17) is 11.1 Å². The van der Waals surface area contributed by atoms with Crippen LogP contribution < -0.4 is 11.1 Å². The topological polar surface area (TPSA) is 69.4 Å². The van der Waals surface area contributed by atoms with Crippen molar-refractivity contribution in [2.24, 2.45) is 5.73 Å². The highest BCUT2D eigenvalue weighted by atomic mass is 32.4. The molecule has 1 aromatic carbocycles. The Morgan fingerprint density at radius 3 is 2.75 bits per heavy atom. The third kappa shape index (κ3) is 1.98. The molecular formula is C9H14N4P3+. The Kier molecular flexibility index (Phi) is 3.26. The van der Waals surface area contributed by atoms with Crippen LogP contribution in [0.2, 0.25) is 0 Å². The van der Waals surface area contributed by atoms with Gasteiger partial charge in [0.2, 0.25) is 0 Å². The van der Waals surface area contributed by atoms with Crippen molar-refractivity contribution in [1.82, 2.24) is 9.32 Å². The highest BCUT2D eigenvalue weighted by molar-refractivity contribution is 8.42. The van der Waals surface area contributed by atoms with Crippen LogP contribution in [0.1, 0.15) is 11.4 Å². The summed E-state index contributed by atoms with van der Waals surface area (Å²) >= 11 is 0. The van der Waals surface area contributed by atoms with Crippen molar-refractivity contribution < 1.29 is 5.41 Å². The molecule has 0 fully saturated rings. The molecule has 1 aromatic heterocycles. The van der Waals surface area contributed by atoms with Crippen LogP contribution in [0.3, 0.4) is 0 Å². The zero-order valence-corrected chi connectivity index (χ0v) is 12.1. The molecule has 2 atom stereocenters. The summed E-state index contributed by atoms with van der Waals surface area (Å²) in [5.74, 6) is 1.33. The number of aromatic nitrogens is 2. The molecule has 0 aliphatic carbocycles. The molecular weight excluding hydrogens is 257 g/mol. The number of nitrogens with zero attached hydrogens (tertiary/aromatic N) is 2. The minimum atomic E-state index is -0.386. The van der Waals surface area contributed by atoms with Crippen molar-refractivity contribution in [1.29, 1.82) is 0 Å². The Morgan fingerprint density at radius 2 is 2.19 bits per heavy atom.